The van der Waals surface area contributed by atoms with Crippen LogP contribution >= 0.6 is 0 Å². The summed E-state index contributed by atoms with van der Waals surface area (Å²) in [6.45, 7) is 31.7. The molecule has 0 atom stereocenters. The van der Waals surface area contributed by atoms with Gasteiger partial charge in [-0.1, -0.05) is 83.1 Å². The molecular weight excluding hydrogens is 384 g/mol. The van der Waals surface area contributed by atoms with E-state index in [1.165, 1.54) is 6.42 Å². The van der Waals surface area contributed by atoms with Gasteiger partial charge in [0.15, 0.2) is 5.96 Å². The van der Waals surface area contributed by atoms with Crippen LogP contribution in [-0.4, -0.2) is 29.6 Å². The van der Waals surface area contributed by atoms with Crippen LogP contribution in [0.15, 0.2) is 9.98 Å². The summed E-state index contributed by atoms with van der Waals surface area (Å²) in [5.74, 6) is 0.822. The van der Waals surface area contributed by atoms with Crippen molar-refractivity contribution in [2.45, 2.75) is 123 Å². The molecule has 0 aliphatic rings. The Morgan fingerprint density at radius 1 is 0.742 bits per heavy atom. The summed E-state index contributed by atoms with van der Waals surface area (Å²) in [6, 6.07) is 0. The molecule has 0 aromatic carbocycles. The van der Waals surface area contributed by atoms with Gasteiger partial charge in [0.1, 0.15) is 0 Å². The van der Waals surface area contributed by atoms with E-state index >= 15 is 0 Å². The number of nitrogens with two attached hydrogens (primary N) is 3. The van der Waals surface area contributed by atoms with Crippen LogP contribution in [0, 0.1) is 21.7 Å². The molecule has 0 aliphatic heterocycles. The van der Waals surface area contributed by atoms with Crippen molar-refractivity contribution in [2.24, 2.45) is 43.4 Å². The molecule has 0 aliphatic carbocycles. The van der Waals surface area contributed by atoms with Crippen molar-refractivity contribution >= 4 is 17.5 Å². The van der Waals surface area contributed by atoms with E-state index in [2.05, 4.69) is 58.5 Å². The van der Waals surface area contributed by atoms with Crippen molar-refractivity contribution < 1.29 is 0 Å². The third-order valence-corrected chi connectivity index (χ3v) is 3.45. The average Bonchev–Trinajstić information content (AvgIpc) is 2.42. The van der Waals surface area contributed by atoms with Crippen LogP contribution in [0.5, 0.6) is 0 Å². The number of nitrogens with zero attached hydrogens (tertiary/aromatic N) is 2. The first-order chi connectivity index (χ1) is 12.8. The van der Waals surface area contributed by atoms with Gasteiger partial charge in [-0.15, -0.1) is 0 Å². The van der Waals surface area contributed by atoms with E-state index in [1.807, 2.05) is 55.4 Å². The van der Waals surface area contributed by atoms with Crippen molar-refractivity contribution in [2.75, 3.05) is 6.54 Å². The highest BCUT2D eigenvalue weighted by Crippen LogP contribution is 2.16. The van der Waals surface area contributed by atoms with Crippen molar-refractivity contribution in [3.8, 4) is 0 Å². The Hall–Kier alpha value is -1.59. The molecule has 0 spiro atoms. The fourth-order valence-corrected chi connectivity index (χ4v) is 0.749. The molecule has 0 radical (unpaired) electrons. The van der Waals surface area contributed by atoms with Gasteiger partial charge in [-0.2, -0.15) is 0 Å². The van der Waals surface area contributed by atoms with E-state index in [9.17, 15) is 0 Å². The number of rotatable bonds is 1. The summed E-state index contributed by atoms with van der Waals surface area (Å²) in [4.78, 5) is 7.97. The first kappa shape index (κ1) is 39.8. The minimum Gasteiger partial charge on any atom is -0.388 e. The molecule has 0 amide bonds. The maximum atomic E-state index is 7.15. The lowest BCUT2D eigenvalue weighted by Gasteiger charge is -2.14. The second kappa shape index (κ2) is 17.0. The molecule has 6 nitrogen and oxygen atoms in total. The third-order valence-electron chi connectivity index (χ3n) is 3.45. The lowest BCUT2D eigenvalue weighted by atomic mass is 9.91. The Labute approximate surface area is 196 Å². The highest BCUT2D eigenvalue weighted by molar-refractivity contribution is 5.83. The van der Waals surface area contributed by atoms with Gasteiger partial charge in [0.2, 0.25) is 0 Å². The fraction of sp³-hybridized carbons (Fsp3) is 0.880. The zero-order valence-corrected chi connectivity index (χ0v) is 23.0. The van der Waals surface area contributed by atoms with Gasteiger partial charge in [0.05, 0.1) is 11.4 Å². The topological polar surface area (TPSA) is 127 Å². The number of amidine groups is 1. The third kappa shape index (κ3) is 58.5. The van der Waals surface area contributed by atoms with Gasteiger partial charge in [0, 0.05) is 12.3 Å². The highest BCUT2D eigenvalue weighted by Gasteiger charge is 2.11. The number of hydrogen-bond acceptors (Lipinski definition) is 3. The lowest BCUT2D eigenvalue weighted by Crippen LogP contribution is -2.27. The molecule has 31 heavy (non-hydrogen) atoms. The van der Waals surface area contributed by atoms with Crippen LogP contribution < -0.4 is 17.2 Å². The Bertz CT molecular complexity index is 496. The molecule has 0 aromatic heterocycles. The SMILES string of the molecule is C.CC(=N)C(C)(C)C.CC(C)(C)N=C(N)N.CC(N)=NCC(C)(C)C.CCC(C)(C)C. The van der Waals surface area contributed by atoms with Crippen LogP contribution in [-0.2, 0) is 0 Å². The van der Waals surface area contributed by atoms with Gasteiger partial charge >= 0.3 is 0 Å². The van der Waals surface area contributed by atoms with Gasteiger partial charge in [-0.25, -0.2) is 4.99 Å². The number of aliphatic imine (C=N–C) groups is 2. The molecule has 0 saturated heterocycles. The van der Waals surface area contributed by atoms with Crippen molar-refractivity contribution in [1.29, 1.82) is 5.41 Å². The Balaban J connectivity index is -0.0000000969. The summed E-state index contributed by atoms with van der Waals surface area (Å²) in [6.07, 6.45) is 1.27. The molecule has 0 bridgehead atoms. The van der Waals surface area contributed by atoms with E-state index in [0.29, 0.717) is 11.3 Å². The Morgan fingerprint density at radius 3 is 1.06 bits per heavy atom. The second-order valence-corrected chi connectivity index (χ2v) is 12.0. The van der Waals surface area contributed by atoms with Crippen molar-refractivity contribution in [3.63, 3.8) is 0 Å². The van der Waals surface area contributed by atoms with Crippen LogP contribution in [0.4, 0.5) is 0 Å². The minimum absolute atomic E-state index is 0. The average molecular weight is 445 g/mol. The molecule has 6 heteroatoms. The first-order valence-electron chi connectivity index (χ1n) is 10.8. The van der Waals surface area contributed by atoms with Crippen LogP contribution in [0.2, 0.25) is 0 Å². The number of hydrogen-bond donors (Lipinski definition) is 4. The smallest absolute Gasteiger partial charge is 0.186 e. The predicted molar refractivity (Wildman–Crippen MR) is 147 cm³/mol. The quantitative estimate of drug-likeness (QED) is 0.268. The number of nitrogens with one attached hydrogen (secondary N) is 1. The van der Waals surface area contributed by atoms with Gasteiger partial charge < -0.3 is 22.6 Å². The summed E-state index contributed by atoms with van der Waals surface area (Å²) in [5, 5.41) is 7.15. The lowest BCUT2D eigenvalue weighted by molar-refractivity contribution is 0.398. The summed E-state index contributed by atoms with van der Waals surface area (Å²) in [7, 11) is 0. The Morgan fingerprint density at radius 2 is 1.03 bits per heavy atom. The molecule has 0 saturated carbocycles. The molecular formula is C25H60N6. The molecule has 0 rings (SSSR count). The van der Waals surface area contributed by atoms with E-state index in [0.717, 1.165) is 12.3 Å². The molecule has 7 N–H and O–H groups in total. The van der Waals surface area contributed by atoms with E-state index < -0.39 is 0 Å². The molecule has 0 fully saturated rings. The fourth-order valence-electron chi connectivity index (χ4n) is 0.749. The predicted octanol–water partition coefficient (Wildman–Crippen LogP) is 6.62. The van der Waals surface area contributed by atoms with Crippen molar-refractivity contribution in [3.05, 3.63) is 0 Å². The van der Waals surface area contributed by atoms with Gasteiger partial charge in [-0.3, -0.25) is 4.99 Å². The van der Waals surface area contributed by atoms with Crippen LogP contribution in [0.1, 0.15) is 118 Å². The van der Waals surface area contributed by atoms with Gasteiger partial charge in [0.25, 0.3) is 0 Å². The van der Waals surface area contributed by atoms with Crippen LogP contribution in [0.3, 0.4) is 0 Å². The zero-order chi connectivity index (χ0) is 25.6. The largest absolute Gasteiger partial charge is 0.388 e. The van der Waals surface area contributed by atoms with E-state index in [1.54, 1.807) is 0 Å². The summed E-state index contributed by atoms with van der Waals surface area (Å²) >= 11 is 0. The Kier molecular flexibility index (Phi) is 21.9. The monoisotopic (exact) mass is 444 g/mol. The van der Waals surface area contributed by atoms with Crippen LogP contribution in [0.25, 0.3) is 0 Å². The summed E-state index contributed by atoms with van der Waals surface area (Å²) < 4.78 is 0. The summed E-state index contributed by atoms with van der Waals surface area (Å²) in [5.41, 5.74) is 17.1. The highest BCUT2D eigenvalue weighted by atomic mass is 15.0. The van der Waals surface area contributed by atoms with Gasteiger partial charge in [-0.05, 0) is 50.9 Å². The zero-order valence-electron chi connectivity index (χ0n) is 23.0. The molecule has 0 unspecified atom stereocenters. The second-order valence-electron chi connectivity index (χ2n) is 12.0. The standard InChI is InChI=1S/C7H16N2.C6H13N.C6H14.C5H13N3.CH4/c1-6(8)9-5-7(2,3)4;1-5(7)6(2,3)4;1-5-6(2,3)4;1-5(2,3)8-4(6)7;/h5H2,1-4H3,(H2,8,9);7H,1-4H3;5H2,1-4H3;1-3H3,(H4,6,7,8);1H4. The minimum atomic E-state index is -0.140. The first-order valence-corrected chi connectivity index (χ1v) is 10.8. The van der Waals surface area contributed by atoms with Crippen molar-refractivity contribution in [1.82, 2.24) is 0 Å². The van der Waals surface area contributed by atoms with E-state index in [4.69, 9.17) is 22.6 Å². The van der Waals surface area contributed by atoms with E-state index in [-0.39, 0.29) is 29.8 Å². The molecule has 0 heterocycles. The molecule has 190 valence electrons. The molecule has 0 aromatic rings. The normalized spacial score (nSPS) is 11.8. The number of guanidine groups is 1. The maximum Gasteiger partial charge on any atom is 0.186 e. The maximum absolute atomic E-state index is 7.15.